The summed E-state index contributed by atoms with van der Waals surface area (Å²) in [4.78, 5) is 0.137. The average Bonchev–Trinajstić information content (AvgIpc) is 2.52. The Hall–Kier alpha value is -1.59. The molecule has 2 aromatic rings. The Kier molecular flexibility index (Phi) is 3.04. The van der Waals surface area contributed by atoms with Crippen molar-refractivity contribution >= 4 is 10.0 Å². The zero-order valence-electron chi connectivity index (χ0n) is 10.6. The summed E-state index contributed by atoms with van der Waals surface area (Å²) >= 11 is 0. The number of nitrogens with zero attached hydrogens (tertiary/aromatic N) is 1. The Morgan fingerprint density at radius 1 is 1.11 bits per heavy atom. The molecular weight excluding hydrogens is 248 g/mol. The molecule has 1 aromatic heterocycles. The summed E-state index contributed by atoms with van der Waals surface area (Å²) in [6.45, 7) is 4.08. The predicted molar refractivity (Wildman–Crippen MR) is 71.7 cm³/mol. The van der Waals surface area contributed by atoms with Gasteiger partial charge < -0.3 is 4.57 Å². The van der Waals surface area contributed by atoms with Crippen LogP contribution in [0.3, 0.4) is 0 Å². The molecule has 0 aliphatic rings. The van der Waals surface area contributed by atoms with Crippen molar-refractivity contribution in [2.45, 2.75) is 18.7 Å². The van der Waals surface area contributed by atoms with Crippen LogP contribution in [0.1, 0.15) is 11.3 Å². The van der Waals surface area contributed by atoms with Gasteiger partial charge in [0.15, 0.2) is 0 Å². The fraction of sp³-hybridized carbons (Fsp3) is 0.231. The summed E-state index contributed by atoms with van der Waals surface area (Å²) in [5.41, 5.74) is 4.45. The highest BCUT2D eigenvalue weighted by molar-refractivity contribution is 7.89. The largest absolute Gasteiger partial charge is 0.354 e. The van der Waals surface area contributed by atoms with E-state index in [1.165, 1.54) is 17.7 Å². The second-order valence-electron chi connectivity index (χ2n) is 4.45. The standard InChI is InChI=1S/C13H16N2O2S/c1-9-8-15(3)10(2)13(9)11-4-6-12(7-5-11)18(14,16)17/h4-8H,1-3H3,(H2,14,16,17). The van der Waals surface area contributed by atoms with Crippen LogP contribution in [-0.4, -0.2) is 13.0 Å². The monoisotopic (exact) mass is 264 g/mol. The molecule has 0 atom stereocenters. The molecule has 2 rings (SSSR count). The lowest BCUT2D eigenvalue weighted by Gasteiger charge is -2.05. The van der Waals surface area contributed by atoms with E-state index in [-0.39, 0.29) is 4.90 Å². The molecule has 0 bridgehead atoms. The highest BCUT2D eigenvalue weighted by atomic mass is 32.2. The fourth-order valence-electron chi connectivity index (χ4n) is 2.16. The minimum atomic E-state index is -3.62. The Bertz CT molecular complexity index is 683. The van der Waals surface area contributed by atoms with Gasteiger partial charge in [-0.15, -0.1) is 0 Å². The maximum Gasteiger partial charge on any atom is 0.238 e. The molecule has 0 saturated carbocycles. The molecule has 0 amide bonds. The summed E-state index contributed by atoms with van der Waals surface area (Å²) in [5, 5.41) is 5.08. The van der Waals surface area contributed by atoms with Gasteiger partial charge in [-0.3, -0.25) is 0 Å². The van der Waals surface area contributed by atoms with Crippen LogP contribution < -0.4 is 5.14 Å². The summed E-state index contributed by atoms with van der Waals surface area (Å²) in [7, 11) is -1.63. The molecule has 96 valence electrons. The molecule has 0 radical (unpaired) electrons. The Morgan fingerprint density at radius 3 is 2.06 bits per heavy atom. The van der Waals surface area contributed by atoms with Crippen LogP contribution in [0.2, 0.25) is 0 Å². The first kappa shape index (κ1) is 12.9. The molecular formula is C13H16N2O2S. The first-order chi connectivity index (χ1) is 8.30. The van der Waals surface area contributed by atoms with Crippen molar-refractivity contribution in [3.63, 3.8) is 0 Å². The number of aryl methyl sites for hydroxylation is 2. The van der Waals surface area contributed by atoms with E-state index in [0.29, 0.717) is 0 Å². The normalized spacial score (nSPS) is 11.8. The molecule has 0 unspecified atom stereocenters. The SMILES string of the molecule is Cc1cn(C)c(C)c1-c1ccc(S(N)(=O)=O)cc1. The van der Waals surface area contributed by atoms with Crippen LogP contribution in [0.15, 0.2) is 35.4 Å². The van der Waals surface area contributed by atoms with Crippen LogP contribution in [0.4, 0.5) is 0 Å². The van der Waals surface area contributed by atoms with Crippen molar-refractivity contribution < 1.29 is 8.42 Å². The summed E-state index contributed by atoms with van der Waals surface area (Å²) in [5.74, 6) is 0. The number of benzene rings is 1. The maximum atomic E-state index is 11.2. The van der Waals surface area contributed by atoms with Crippen LogP contribution in [0.25, 0.3) is 11.1 Å². The first-order valence-electron chi connectivity index (χ1n) is 5.56. The number of hydrogen-bond acceptors (Lipinski definition) is 2. The first-order valence-corrected chi connectivity index (χ1v) is 7.11. The van der Waals surface area contributed by atoms with Gasteiger partial charge in [0.25, 0.3) is 0 Å². The van der Waals surface area contributed by atoms with E-state index in [4.69, 9.17) is 5.14 Å². The van der Waals surface area contributed by atoms with Crippen LogP contribution in [-0.2, 0) is 17.1 Å². The zero-order chi connectivity index (χ0) is 13.5. The Labute approximate surface area is 107 Å². The van der Waals surface area contributed by atoms with Gasteiger partial charge >= 0.3 is 0 Å². The number of primary sulfonamides is 1. The van der Waals surface area contributed by atoms with Crippen molar-refractivity contribution in [3.05, 3.63) is 41.7 Å². The molecule has 0 aliphatic heterocycles. The minimum absolute atomic E-state index is 0.137. The van der Waals surface area contributed by atoms with Gasteiger partial charge in [0.2, 0.25) is 10.0 Å². The van der Waals surface area contributed by atoms with Crippen LogP contribution in [0, 0.1) is 13.8 Å². The minimum Gasteiger partial charge on any atom is -0.354 e. The second-order valence-corrected chi connectivity index (χ2v) is 6.01. The van der Waals surface area contributed by atoms with E-state index in [0.717, 1.165) is 16.8 Å². The van der Waals surface area contributed by atoms with Gasteiger partial charge in [-0.25, -0.2) is 13.6 Å². The molecule has 18 heavy (non-hydrogen) atoms. The number of hydrogen-bond donors (Lipinski definition) is 1. The quantitative estimate of drug-likeness (QED) is 0.901. The molecule has 0 fully saturated rings. The predicted octanol–water partition coefficient (Wildman–Crippen LogP) is 1.96. The number of aromatic nitrogens is 1. The lowest BCUT2D eigenvalue weighted by molar-refractivity contribution is 0.598. The number of nitrogens with two attached hydrogens (primary N) is 1. The van der Waals surface area contributed by atoms with Crippen molar-refractivity contribution in [2.75, 3.05) is 0 Å². The van der Waals surface area contributed by atoms with E-state index in [2.05, 4.69) is 10.8 Å². The van der Waals surface area contributed by atoms with Crippen LogP contribution >= 0.6 is 0 Å². The third-order valence-electron chi connectivity index (χ3n) is 3.14. The highest BCUT2D eigenvalue weighted by Gasteiger charge is 2.12. The topological polar surface area (TPSA) is 65.1 Å². The number of rotatable bonds is 2. The molecule has 1 heterocycles. The van der Waals surface area contributed by atoms with Gasteiger partial charge in [0.05, 0.1) is 4.90 Å². The summed E-state index contributed by atoms with van der Waals surface area (Å²) in [6.07, 6.45) is 2.05. The lowest BCUT2D eigenvalue weighted by Crippen LogP contribution is -2.11. The van der Waals surface area contributed by atoms with E-state index in [1.807, 2.05) is 20.9 Å². The van der Waals surface area contributed by atoms with Crippen molar-refractivity contribution in [1.29, 1.82) is 0 Å². The molecule has 0 aliphatic carbocycles. The van der Waals surface area contributed by atoms with Gasteiger partial charge in [-0.1, -0.05) is 12.1 Å². The van der Waals surface area contributed by atoms with Crippen molar-refractivity contribution in [1.82, 2.24) is 4.57 Å². The third kappa shape index (κ3) is 2.19. The second kappa shape index (κ2) is 4.26. The Morgan fingerprint density at radius 2 is 1.67 bits per heavy atom. The summed E-state index contributed by atoms with van der Waals surface area (Å²) < 4.78 is 24.4. The third-order valence-corrected chi connectivity index (χ3v) is 4.07. The van der Waals surface area contributed by atoms with Gasteiger partial charge in [0, 0.05) is 24.5 Å². The zero-order valence-corrected chi connectivity index (χ0v) is 11.5. The highest BCUT2D eigenvalue weighted by Crippen LogP contribution is 2.28. The van der Waals surface area contributed by atoms with Crippen molar-refractivity contribution in [3.8, 4) is 11.1 Å². The molecule has 0 saturated heterocycles. The van der Waals surface area contributed by atoms with E-state index < -0.39 is 10.0 Å². The fourth-order valence-corrected chi connectivity index (χ4v) is 2.68. The Balaban J connectivity index is 2.53. The van der Waals surface area contributed by atoms with Crippen molar-refractivity contribution in [2.24, 2.45) is 12.2 Å². The molecule has 0 spiro atoms. The van der Waals surface area contributed by atoms with Gasteiger partial charge in [-0.2, -0.15) is 0 Å². The molecule has 4 nitrogen and oxygen atoms in total. The van der Waals surface area contributed by atoms with Gasteiger partial charge in [-0.05, 0) is 37.1 Å². The number of sulfonamides is 1. The smallest absolute Gasteiger partial charge is 0.238 e. The van der Waals surface area contributed by atoms with E-state index in [1.54, 1.807) is 12.1 Å². The average molecular weight is 264 g/mol. The maximum absolute atomic E-state index is 11.2. The van der Waals surface area contributed by atoms with E-state index >= 15 is 0 Å². The molecule has 5 heteroatoms. The molecule has 1 aromatic carbocycles. The lowest BCUT2D eigenvalue weighted by atomic mass is 10.0. The van der Waals surface area contributed by atoms with Gasteiger partial charge in [0.1, 0.15) is 0 Å². The van der Waals surface area contributed by atoms with E-state index in [9.17, 15) is 8.42 Å². The van der Waals surface area contributed by atoms with Crippen LogP contribution in [0.5, 0.6) is 0 Å². The molecule has 2 N–H and O–H groups in total. The summed E-state index contributed by atoms with van der Waals surface area (Å²) in [6, 6.07) is 6.65.